The van der Waals surface area contributed by atoms with Gasteiger partial charge in [-0.3, -0.25) is 10.1 Å². The van der Waals surface area contributed by atoms with E-state index >= 15 is 0 Å². The second-order valence-electron chi connectivity index (χ2n) is 4.84. The summed E-state index contributed by atoms with van der Waals surface area (Å²) in [5.41, 5.74) is 1.72. The van der Waals surface area contributed by atoms with Crippen LogP contribution in [0.3, 0.4) is 0 Å². The second kappa shape index (κ2) is 6.41. The van der Waals surface area contributed by atoms with E-state index in [1.807, 2.05) is 24.3 Å². The van der Waals surface area contributed by atoms with Crippen LogP contribution in [0.5, 0.6) is 5.75 Å². The number of nitrogens with zero attached hydrogens (tertiary/aromatic N) is 1. The fourth-order valence-corrected chi connectivity index (χ4v) is 2.24. The average molecular weight is 277 g/mol. The predicted octanol–water partition coefficient (Wildman–Crippen LogP) is 3.57. The van der Waals surface area contributed by atoms with Crippen molar-refractivity contribution in [2.75, 3.05) is 13.2 Å². The highest BCUT2D eigenvalue weighted by molar-refractivity contribution is 5.64. The standard InChI is InChI=1S/C15H19NO4/c1-3-4-8-19-14-7-5-6-12-13(14)9-11(2)20-15(12)10-16(17)18/h5-7,9,15H,3-4,8,10H2,1-2H3. The molecule has 5 heteroatoms. The molecular weight excluding hydrogens is 258 g/mol. The van der Waals surface area contributed by atoms with E-state index in [0.29, 0.717) is 12.4 Å². The van der Waals surface area contributed by atoms with Crippen molar-refractivity contribution < 1.29 is 14.4 Å². The maximum atomic E-state index is 10.8. The van der Waals surface area contributed by atoms with Crippen molar-refractivity contribution in [2.45, 2.75) is 32.8 Å². The summed E-state index contributed by atoms with van der Waals surface area (Å²) in [6, 6.07) is 5.61. The maximum Gasteiger partial charge on any atom is 0.244 e. The number of rotatable bonds is 6. The first kappa shape index (κ1) is 14.4. The highest BCUT2D eigenvalue weighted by Gasteiger charge is 2.27. The van der Waals surface area contributed by atoms with E-state index in [0.717, 1.165) is 29.7 Å². The van der Waals surface area contributed by atoms with Gasteiger partial charge in [0, 0.05) is 16.1 Å². The van der Waals surface area contributed by atoms with Crippen molar-refractivity contribution in [1.29, 1.82) is 0 Å². The third kappa shape index (κ3) is 3.29. The fraction of sp³-hybridized carbons (Fsp3) is 0.467. The Morgan fingerprint density at radius 2 is 2.25 bits per heavy atom. The predicted molar refractivity (Wildman–Crippen MR) is 76.2 cm³/mol. The monoisotopic (exact) mass is 277 g/mol. The van der Waals surface area contributed by atoms with Gasteiger partial charge in [0.2, 0.25) is 6.54 Å². The van der Waals surface area contributed by atoms with Crippen LogP contribution in [0.25, 0.3) is 6.08 Å². The lowest BCUT2D eigenvalue weighted by Crippen LogP contribution is -2.19. The zero-order valence-electron chi connectivity index (χ0n) is 11.8. The first-order chi connectivity index (χ1) is 9.61. The van der Waals surface area contributed by atoms with Crippen molar-refractivity contribution in [3.8, 4) is 5.75 Å². The molecule has 1 unspecified atom stereocenters. The Labute approximate surface area is 118 Å². The lowest BCUT2D eigenvalue weighted by Gasteiger charge is -2.24. The minimum absolute atomic E-state index is 0.239. The molecule has 0 aliphatic carbocycles. The van der Waals surface area contributed by atoms with Gasteiger partial charge >= 0.3 is 0 Å². The molecule has 0 fully saturated rings. The van der Waals surface area contributed by atoms with Gasteiger partial charge in [0.1, 0.15) is 5.75 Å². The van der Waals surface area contributed by atoms with Crippen LogP contribution < -0.4 is 4.74 Å². The summed E-state index contributed by atoms with van der Waals surface area (Å²) in [6.07, 6.45) is 3.39. The maximum absolute atomic E-state index is 10.8. The third-order valence-electron chi connectivity index (χ3n) is 3.19. The van der Waals surface area contributed by atoms with Crippen LogP contribution in [0.1, 0.15) is 43.9 Å². The van der Waals surface area contributed by atoms with Crippen LogP contribution in [-0.4, -0.2) is 18.1 Å². The van der Waals surface area contributed by atoms with Gasteiger partial charge in [0.25, 0.3) is 0 Å². The number of benzene rings is 1. The lowest BCUT2D eigenvalue weighted by molar-refractivity contribution is -0.491. The van der Waals surface area contributed by atoms with Crippen LogP contribution in [0.15, 0.2) is 24.0 Å². The molecule has 1 aromatic rings. The van der Waals surface area contributed by atoms with Gasteiger partial charge < -0.3 is 9.47 Å². The summed E-state index contributed by atoms with van der Waals surface area (Å²) in [5.74, 6) is 1.45. The summed E-state index contributed by atoms with van der Waals surface area (Å²) in [6.45, 7) is 4.32. The highest BCUT2D eigenvalue weighted by atomic mass is 16.6. The summed E-state index contributed by atoms with van der Waals surface area (Å²) >= 11 is 0. The normalized spacial score (nSPS) is 16.9. The Kier molecular flexibility index (Phi) is 4.61. The first-order valence-electron chi connectivity index (χ1n) is 6.84. The molecule has 0 spiro atoms. The van der Waals surface area contributed by atoms with Gasteiger partial charge in [-0.2, -0.15) is 0 Å². The van der Waals surface area contributed by atoms with Crippen molar-refractivity contribution in [1.82, 2.24) is 0 Å². The number of hydrogen-bond acceptors (Lipinski definition) is 4. The quantitative estimate of drug-likeness (QED) is 0.453. The number of hydrogen-bond donors (Lipinski definition) is 0. The fourth-order valence-electron chi connectivity index (χ4n) is 2.24. The molecule has 1 aliphatic heterocycles. The molecule has 0 amide bonds. The SMILES string of the molecule is CCCCOc1cccc2c1C=C(C)OC2C[N+](=O)[O-]. The van der Waals surface area contributed by atoms with E-state index in [-0.39, 0.29) is 11.5 Å². The topological polar surface area (TPSA) is 61.6 Å². The number of nitro groups is 1. The molecule has 2 rings (SSSR count). The van der Waals surface area contributed by atoms with Crippen LogP contribution in [-0.2, 0) is 4.74 Å². The average Bonchev–Trinajstić information content (AvgIpc) is 2.39. The van der Waals surface area contributed by atoms with Gasteiger partial charge in [-0.15, -0.1) is 0 Å². The van der Waals surface area contributed by atoms with E-state index < -0.39 is 6.10 Å². The van der Waals surface area contributed by atoms with Crippen LogP contribution in [0.2, 0.25) is 0 Å². The molecule has 108 valence electrons. The van der Waals surface area contributed by atoms with E-state index in [1.54, 1.807) is 6.92 Å². The smallest absolute Gasteiger partial charge is 0.244 e. The Balaban J connectivity index is 2.29. The molecule has 20 heavy (non-hydrogen) atoms. The largest absolute Gasteiger partial charge is 0.493 e. The molecule has 0 saturated carbocycles. The Hall–Kier alpha value is -2.04. The van der Waals surface area contributed by atoms with Crippen LogP contribution in [0, 0.1) is 10.1 Å². The second-order valence-corrected chi connectivity index (χ2v) is 4.84. The Bertz CT molecular complexity index is 525. The van der Waals surface area contributed by atoms with E-state index in [4.69, 9.17) is 9.47 Å². The molecule has 0 saturated heterocycles. The molecule has 0 radical (unpaired) electrons. The van der Waals surface area contributed by atoms with Gasteiger partial charge in [-0.05, 0) is 25.5 Å². The number of allylic oxidation sites excluding steroid dienone is 1. The summed E-state index contributed by atoms with van der Waals surface area (Å²) in [7, 11) is 0. The summed E-state index contributed by atoms with van der Waals surface area (Å²) in [5, 5.41) is 10.8. The van der Waals surface area contributed by atoms with E-state index in [9.17, 15) is 10.1 Å². The summed E-state index contributed by atoms with van der Waals surface area (Å²) < 4.78 is 11.3. The minimum Gasteiger partial charge on any atom is -0.493 e. The zero-order valence-corrected chi connectivity index (χ0v) is 11.8. The molecule has 1 atom stereocenters. The van der Waals surface area contributed by atoms with Gasteiger partial charge in [0.15, 0.2) is 6.10 Å². The number of unbranched alkanes of at least 4 members (excludes halogenated alkanes) is 1. The minimum atomic E-state index is -0.542. The Morgan fingerprint density at radius 1 is 1.45 bits per heavy atom. The van der Waals surface area contributed by atoms with Crippen LogP contribution in [0.4, 0.5) is 0 Å². The van der Waals surface area contributed by atoms with Crippen molar-refractivity contribution in [2.24, 2.45) is 0 Å². The molecule has 0 aromatic heterocycles. The highest BCUT2D eigenvalue weighted by Crippen LogP contribution is 2.36. The van der Waals surface area contributed by atoms with Crippen molar-refractivity contribution in [3.63, 3.8) is 0 Å². The first-order valence-corrected chi connectivity index (χ1v) is 6.84. The number of ether oxygens (including phenoxy) is 2. The molecular formula is C15H19NO4. The third-order valence-corrected chi connectivity index (χ3v) is 3.19. The molecule has 1 heterocycles. The van der Waals surface area contributed by atoms with E-state index in [2.05, 4.69) is 6.92 Å². The zero-order chi connectivity index (χ0) is 14.5. The van der Waals surface area contributed by atoms with Gasteiger partial charge in [-0.1, -0.05) is 25.5 Å². The van der Waals surface area contributed by atoms with Gasteiger partial charge in [-0.25, -0.2) is 0 Å². The molecule has 0 bridgehead atoms. The number of fused-ring (bicyclic) bond motifs is 1. The molecule has 1 aliphatic rings. The van der Waals surface area contributed by atoms with Gasteiger partial charge in [0.05, 0.1) is 12.4 Å². The Morgan fingerprint density at radius 3 is 2.95 bits per heavy atom. The molecule has 1 aromatic carbocycles. The van der Waals surface area contributed by atoms with Crippen molar-refractivity contribution in [3.05, 3.63) is 45.2 Å². The summed E-state index contributed by atoms with van der Waals surface area (Å²) in [4.78, 5) is 10.4. The lowest BCUT2D eigenvalue weighted by atomic mass is 9.98. The van der Waals surface area contributed by atoms with E-state index in [1.165, 1.54) is 0 Å². The van der Waals surface area contributed by atoms with Crippen molar-refractivity contribution >= 4 is 6.08 Å². The van der Waals surface area contributed by atoms with Crippen LogP contribution >= 0.6 is 0 Å². The molecule has 0 N–H and O–H groups in total. The molecule has 5 nitrogen and oxygen atoms in total.